The van der Waals surface area contributed by atoms with E-state index in [-0.39, 0.29) is 18.3 Å². The van der Waals surface area contributed by atoms with Crippen molar-refractivity contribution in [2.45, 2.75) is 6.42 Å². The molecule has 1 atom stereocenters. The van der Waals surface area contributed by atoms with Crippen molar-refractivity contribution in [1.29, 1.82) is 0 Å². The summed E-state index contributed by atoms with van der Waals surface area (Å²) in [6.07, 6.45) is 1.77. The van der Waals surface area contributed by atoms with Crippen LogP contribution in [0, 0.1) is 5.92 Å². The third kappa shape index (κ3) is 2.56. The molecule has 0 aliphatic carbocycles. The van der Waals surface area contributed by atoms with Crippen molar-refractivity contribution >= 4 is 49.4 Å². The average molecular weight is 378 g/mol. The maximum Gasteiger partial charge on any atom is 0.311 e. The Morgan fingerprint density at radius 3 is 2.89 bits per heavy atom. The minimum Gasteiger partial charge on any atom is -0.469 e. The molecule has 7 heteroatoms. The van der Waals surface area contributed by atoms with Crippen molar-refractivity contribution in [3.8, 4) is 0 Å². The first-order valence-corrected chi connectivity index (χ1v) is 6.80. The third-order valence-electron chi connectivity index (χ3n) is 2.75. The Morgan fingerprint density at radius 2 is 2.28 bits per heavy atom. The summed E-state index contributed by atoms with van der Waals surface area (Å²) in [5.74, 6) is -0.846. The van der Waals surface area contributed by atoms with Crippen LogP contribution in [0.25, 0.3) is 0 Å². The Kier molecular flexibility index (Phi) is 4.01. The van der Waals surface area contributed by atoms with Crippen LogP contribution in [0.5, 0.6) is 0 Å². The van der Waals surface area contributed by atoms with Gasteiger partial charge in [-0.15, -0.1) is 0 Å². The van der Waals surface area contributed by atoms with Gasteiger partial charge in [0, 0.05) is 13.0 Å². The Bertz CT molecular complexity index is 507. The molecule has 0 N–H and O–H groups in total. The molecule has 1 amide bonds. The van der Waals surface area contributed by atoms with Gasteiger partial charge in [0.1, 0.15) is 4.60 Å². The molecule has 0 spiro atoms. The van der Waals surface area contributed by atoms with Crippen molar-refractivity contribution < 1.29 is 14.3 Å². The zero-order valence-corrected chi connectivity index (χ0v) is 12.7. The lowest BCUT2D eigenvalue weighted by atomic mass is 10.1. The van der Waals surface area contributed by atoms with Crippen LogP contribution in [0.1, 0.15) is 6.42 Å². The normalized spacial score (nSPS) is 19.2. The molecule has 0 aromatic carbocycles. The van der Waals surface area contributed by atoms with Crippen molar-refractivity contribution in [3.63, 3.8) is 0 Å². The molecule has 2 heterocycles. The molecule has 2 rings (SSSR count). The predicted molar refractivity (Wildman–Crippen MR) is 72.1 cm³/mol. The largest absolute Gasteiger partial charge is 0.469 e. The molecule has 1 aromatic heterocycles. The van der Waals surface area contributed by atoms with Crippen molar-refractivity contribution in [2.24, 2.45) is 5.92 Å². The Morgan fingerprint density at radius 1 is 1.56 bits per heavy atom. The lowest BCUT2D eigenvalue weighted by Gasteiger charge is -2.16. The van der Waals surface area contributed by atoms with E-state index < -0.39 is 5.92 Å². The van der Waals surface area contributed by atoms with Gasteiger partial charge >= 0.3 is 5.97 Å². The smallest absolute Gasteiger partial charge is 0.311 e. The van der Waals surface area contributed by atoms with Gasteiger partial charge < -0.3 is 9.64 Å². The molecule has 1 aliphatic rings. The fourth-order valence-corrected chi connectivity index (χ4v) is 2.39. The van der Waals surface area contributed by atoms with Crippen LogP contribution in [-0.2, 0) is 14.3 Å². The second-order valence-corrected chi connectivity index (χ2v) is 5.50. The van der Waals surface area contributed by atoms with E-state index in [1.165, 1.54) is 7.11 Å². The molecule has 0 radical (unpaired) electrons. The van der Waals surface area contributed by atoms with Crippen molar-refractivity contribution in [1.82, 2.24) is 4.98 Å². The number of carbonyl (C=O) groups excluding carboxylic acids is 2. The Labute approximate surface area is 121 Å². The Balaban J connectivity index is 2.21. The number of rotatable bonds is 2. The number of esters is 1. The number of pyridine rings is 1. The standard InChI is InChI=1S/C11H10Br2N2O3/c1-18-11(17)6-2-9(16)15(5-6)7-3-8(12)10(13)14-4-7/h3-4,6H,2,5H2,1H3. The molecule has 96 valence electrons. The van der Waals surface area contributed by atoms with Gasteiger partial charge in [0.15, 0.2) is 0 Å². The zero-order chi connectivity index (χ0) is 13.3. The highest BCUT2D eigenvalue weighted by molar-refractivity contribution is 9.13. The number of hydrogen-bond donors (Lipinski definition) is 0. The molecular formula is C11H10Br2N2O3. The fraction of sp³-hybridized carbons (Fsp3) is 0.364. The van der Waals surface area contributed by atoms with E-state index in [0.29, 0.717) is 16.8 Å². The number of carbonyl (C=O) groups is 2. The van der Waals surface area contributed by atoms with Crippen molar-refractivity contribution in [2.75, 3.05) is 18.6 Å². The van der Waals surface area contributed by atoms with Gasteiger partial charge in [0.25, 0.3) is 0 Å². The van der Waals surface area contributed by atoms with Gasteiger partial charge in [0.05, 0.1) is 29.4 Å². The summed E-state index contributed by atoms with van der Waals surface area (Å²) in [6.45, 7) is 0.335. The number of anilines is 1. The van der Waals surface area contributed by atoms with Crippen LogP contribution in [0.3, 0.4) is 0 Å². The summed E-state index contributed by atoms with van der Waals surface area (Å²) in [5.41, 5.74) is 0.668. The van der Waals surface area contributed by atoms with E-state index in [4.69, 9.17) is 0 Å². The molecule has 1 saturated heterocycles. The molecule has 0 saturated carbocycles. The summed E-state index contributed by atoms with van der Waals surface area (Å²) < 4.78 is 6.09. The number of amides is 1. The maximum atomic E-state index is 11.9. The molecule has 18 heavy (non-hydrogen) atoms. The third-order valence-corrected chi connectivity index (χ3v) is 4.52. The highest BCUT2D eigenvalue weighted by Gasteiger charge is 2.36. The lowest BCUT2D eigenvalue weighted by Crippen LogP contribution is -2.26. The number of aromatic nitrogens is 1. The van der Waals surface area contributed by atoms with E-state index >= 15 is 0 Å². The van der Waals surface area contributed by atoms with Gasteiger partial charge in [-0.1, -0.05) is 0 Å². The molecule has 1 aromatic rings. The van der Waals surface area contributed by atoms with Crippen LogP contribution in [-0.4, -0.2) is 30.5 Å². The van der Waals surface area contributed by atoms with E-state index in [0.717, 1.165) is 4.47 Å². The summed E-state index contributed by atoms with van der Waals surface area (Å²) in [6, 6.07) is 1.79. The van der Waals surface area contributed by atoms with E-state index in [1.807, 2.05) is 0 Å². The van der Waals surface area contributed by atoms with Gasteiger partial charge in [-0.3, -0.25) is 9.59 Å². The average Bonchev–Trinajstić information content (AvgIpc) is 2.74. The molecule has 5 nitrogen and oxygen atoms in total. The molecule has 0 bridgehead atoms. The van der Waals surface area contributed by atoms with Crippen LogP contribution >= 0.6 is 31.9 Å². The fourth-order valence-electron chi connectivity index (χ4n) is 1.84. The highest BCUT2D eigenvalue weighted by Crippen LogP contribution is 2.30. The number of nitrogens with zero attached hydrogens (tertiary/aromatic N) is 2. The first kappa shape index (κ1) is 13.5. The SMILES string of the molecule is COC(=O)C1CC(=O)N(c2cnc(Br)c(Br)c2)C1. The zero-order valence-electron chi connectivity index (χ0n) is 9.52. The second-order valence-electron chi connectivity index (χ2n) is 3.89. The van der Waals surface area contributed by atoms with Gasteiger partial charge in [-0.05, 0) is 37.9 Å². The van der Waals surface area contributed by atoms with Gasteiger partial charge in [-0.25, -0.2) is 4.98 Å². The first-order chi connectivity index (χ1) is 8.52. The monoisotopic (exact) mass is 376 g/mol. The highest BCUT2D eigenvalue weighted by atomic mass is 79.9. The first-order valence-electron chi connectivity index (χ1n) is 5.22. The van der Waals surface area contributed by atoms with Gasteiger partial charge in [0.2, 0.25) is 5.91 Å². The van der Waals surface area contributed by atoms with Crippen molar-refractivity contribution in [3.05, 3.63) is 21.3 Å². The van der Waals surface area contributed by atoms with Crippen LogP contribution < -0.4 is 4.90 Å². The van der Waals surface area contributed by atoms with E-state index in [2.05, 4.69) is 41.6 Å². The quantitative estimate of drug-likeness (QED) is 0.585. The van der Waals surface area contributed by atoms with E-state index in [9.17, 15) is 9.59 Å². The number of methoxy groups -OCH3 is 1. The minimum absolute atomic E-state index is 0.0959. The number of hydrogen-bond acceptors (Lipinski definition) is 4. The molecule has 1 aliphatic heterocycles. The maximum absolute atomic E-state index is 11.9. The number of ether oxygens (including phenoxy) is 1. The lowest BCUT2D eigenvalue weighted by molar-refractivity contribution is -0.145. The number of halogens is 2. The van der Waals surface area contributed by atoms with Crippen LogP contribution in [0.2, 0.25) is 0 Å². The second kappa shape index (κ2) is 5.36. The summed E-state index contributed by atoms with van der Waals surface area (Å²) in [7, 11) is 1.33. The van der Waals surface area contributed by atoms with Gasteiger partial charge in [-0.2, -0.15) is 0 Å². The van der Waals surface area contributed by atoms with E-state index in [1.54, 1.807) is 17.2 Å². The summed E-state index contributed by atoms with van der Waals surface area (Å²) in [5, 5.41) is 0. The molecular weight excluding hydrogens is 368 g/mol. The summed E-state index contributed by atoms with van der Waals surface area (Å²) in [4.78, 5) is 28.9. The topological polar surface area (TPSA) is 59.5 Å². The van der Waals surface area contributed by atoms with Crippen LogP contribution in [0.15, 0.2) is 21.3 Å². The Hall–Kier alpha value is -0.950. The summed E-state index contributed by atoms with van der Waals surface area (Å²) >= 11 is 6.60. The minimum atomic E-state index is -0.398. The van der Waals surface area contributed by atoms with Crippen LogP contribution in [0.4, 0.5) is 5.69 Å². The molecule has 1 unspecified atom stereocenters. The molecule has 1 fully saturated rings. The predicted octanol–water partition coefficient (Wildman–Crippen LogP) is 2.13.